The van der Waals surface area contributed by atoms with Crippen molar-refractivity contribution in [3.63, 3.8) is 0 Å². The Morgan fingerprint density at radius 1 is 1.12 bits per heavy atom. The Labute approximate surface area is 109 Å². The summed E-state index contributed by atoms with van der Waals surface area (Å²) in [7, 11) is 0. The van der Waals surface area contributed by atoms with Crippen LogP contribution in [0.15, 0.2) is 16.6 Å². The predicted octanol–water partition coefficient (Wildman–Crippen LogP) is 4.13. The number of hydrogen-bond donors (Lipinski definition) is 2. The van der Waals surface area contributed by atoms with Gasteiger partial charge in [0.2, 0.25) is 0 Å². The molecule has 0 atom stereocenters. The van der Waals surface area contributed by atoms with Crippen molar-refractivity contribution in [1.29, 1.82) is 0 Å². The lowest BCUT2D eigenvalue weighted by Gasteiger charge is -2.43. The quantitative estimate of drug-likeness (QED) is 0.752. The van der Waals surface area contributed by atoms with E-state index >= 15 is 0 Å². The molecule has 2 aliphatic rings. The highest BCUT2D eigenvalue weighted by molar-refractivity contribution is 9.10. The molecular formula is C13H16BrFN2. The number of fused-ring (bicyclic) bond motifs is 1. The fraction of sp³-hybridized carbons (Fsp3) is 0.538. The van der Waals surface area contributed by atoms with Gasteiger partial charge in [-0.25, -0.2) is 4.39 Å². The van der Waals surface area contributed by atoms with E-state index in [1.54, 1.807) is 6.07 Å². The molecule has 3 rings (SSSR count). The molecule has 4 heteroatoms. The number of rotatable bonds is 0. The fourth-order valence-electron chi connectivity index (χ4n) is 2.92. The summed E-state index contributed by atoms with van der Waals surface area (Å²) in [6.45, 7) is 0.904. The Morgan fingerprint density at radius 3 is 2.65 bits per heavy atom. The van der Waals surface area contributed by atoms with Crippen molar-refractivity contribution in [1.82, 2.24) is 0 Å². The van der Waals surface area contributed by atoms with Crippen LogP contribution in [-0.4, -0.2) is 12.1 Å². The molecule has 17 heavy (non-hydrogen) atoms. The number of halogens is 2. The van der Waals surface area contributed by atoms with Gasteiger partial charge < -0.3 is 10.6 Å². The minimum Gasteiger partial charge on any atom is -0.381 e. The molecule has 1 aliphatic heterocycles. The molecule has 1 heterocycles. The van der Waals surface area contributed by atoms with E-state index in [4.69, 9.17) is 0 Å². The smallest absolute Gasteiger partial charge is 0.139 e. The van der Waals surface area contributed by atoms with E-state index in [2.05, 4.69) is 26.6 Å². The first-order valence-corrected chi connectivity index (χ1v) is 6.99. The number of benzene rings is 1. The van der Waals surface area contributed by atoms with Gasteiger partial charge in [-0.1, -0.05) is 19.3 Å². The van der Waals surface area contributed by atoms with Crippen LogP contribution in [0.4, 0.5) is 15.8 Å². The molecule has 0 saturated heterocycles. The lowest BCUT2D eigenvalue weighted by molar-refractivity contribution is 0.334. The zero-order valence-corrected chi connectivity index (χ0v) is 11.2. The maximum absolute atomic E-state index is 13.4. The third kappa shape index (κ3) is 2.03. The van der Waals surface area contributed by atoms with Crippen molar-refractivity contribution in [3.05, 3.63) is 22.4 Å². The molecule has 0 aromatic heterocycles. The largest absolute Gasteiger partial charge is 0.381 e. The Hall–Kier alpha value is -0.770. The van der Waals surface area contributed by atoms with E-state index in [0.717, 1.165) is 17.9 Å². The third-order valence-corrected chi connectivity index (χ3v) is 4.50. The zero-order chi connectivity index (χ0) is 11.9. The van der Waals surface area contributed by atoms with E-state index in [1.165, 1.54) is 32.1 Å². The summed E-state index contributed by atoms with van der Waals surface area (Å²) in [4.78, 5) is 0. The van der Waals surface area contributed by atoms with Crippen LogP contribution in [0.25, 0.3) is 0 Å². The van der Waals surface area contributed by atoms with Gasteiger partial charge in [-0.3, -0.25) is 0 Å². The third-order valence-electron chi connectivity index (χ3n) is 3.89. The van der Waals surface area contributed by atoms with Gasteiger partial charge >= 0.3 is 0 Å². The van der Waals surface area contributed by atoms with Crippen LogP contribution in [0.5, 0.6) is 0 Å². The topological polar surface area (TPSA) is 24.1 Å². The maximum atomic E-state index is 13.4. The molecule has 1 saturated carbocycles. The summed E-state index contributed by atoms with van der Waals surface area (Å²) >= 11 is 3.24. The summed E-state index contributed by atoms with van der Waals surface area (Å²) in [5, 5.41) is 6.99. The minimum atomic E-state index is -0.211. The Balaban J connectivity index is 1.91. The molecule has 0 amide bonds. The van der Waals surface area contributed by atoms with Crippen LogP contribution < -0.4 is 10.6 Å². The SMILES string of the molecule is Fc1cc2c(cc1Br)NC1(CCCCC1)CN2. The van der Waals surface area contributed by atoms with Crippen molar-refractivity contribution in [2.75, 3.05) is 17.2 Å². The van der Waals surface area contributed by atoms with Gasteiger partial charge in [-0.05, 0) is 34.8 Å². The zero-order valence-electron chi connectivity index (χ0n) is 9.65. The maximum Gasteiger partial charge on any atom is 0.139 e. The normalized spacial score (nSPS) is 21.5. The standard InChI is InChI=1S/C13H16BrFN2/c14-9-6-12-11(7-10(9)15)16-8-13(17-12)4-2-1-3-5-13/h6-7,16-17H,1-5,8H2. The first-order valence-electron chi connectivity index (χ1n) is 6.20. The molecule has 1 spiro atoms. The molecule has 1 aromatic rings. The summed E-state index contributed by atoms with van der Waals surface area (Å²) < 4.78 is 14.0. The van der Waals surface area contributed by atoms with Crippen LogP contribution >= 0.6 is 15.9 Å². The molecule has 0 bridgehead atoms. The Bertz CT molecular complexity index is 441. The lowest BCUT2D eigenvalue weighted by Crippen LogP contribution is -2.49. The molecular weight excluding hydrogens is 283 g/mol. The van der Waals surface area contributed by atoms with E-state index in [0.29, 0.717) is 4.47 Å². The summed E-state index contributed by atoms with van der Waals surface area (Å²) in [6, 6.07) is 3.40. The minimum absolute atomic E-state index is 0.183. The second-order valence-electron chi connectivity index (χ2n) is 5.13. The molecule has 2 N–H and O–H groups in total. The first kappa shape index (κ1) is 11.3. The number of nitrogens with one attached hydrogen (secondary N) is 2. The van der Waals surface area contributed by atoms with Crippen LogP contribution in [0, 0.1) is 5.82 Å². The molecule has 1 aliphatic carbocycles. The van der Waals surface area contributed by atoms with E-state index < -0.39 is 0 Å². The van der Waals surface area contributed by atoms with Crippen molar-refractivity contribution in [3.8, 4) is 0 Å². The Kier molecular flexibility index (Phi) is 2.77. The van der Waals surface area contributed by atoms with Gasteiger partial charge in [0.15, 0.2) is 0 Å². The molecule has 1 aromatic carbocycles. The highest BCUT2D eigenvalue weighted by Crippen LogP contribution is 2.39. The molecule has 0 radical (unpaired) electrons. The average Bonchev–Trinajstić information content (AvgIpc) is 2.33. The summed E-state index contributed by atoms with van der Waals surface area (Å²) in [5.74, 6) is -0.211. The van der Waals surface area contributed by atoms with Gasteiger partial charge in [0, 0.05) is 12.6 Å². The van der Waals surface area contributed by atoms with Crippen LogP contribution in [0.2, 0.25) is 0 Å². The highest BCUT2D eigenvalue weighted by atomic mass is 79.9. The predicted molar refractivity (Wildman–Crippen MR) is 72.0 cm³/mol. The lowest BCUT2D eigenvalue weighted by atomic mass is 9.80. The van der Waals surface area contributed by atoms with Gasteiger partial charge in [-0.2, -0.15) is 0 Å². The van der Waals surface area contributed by atoms with Crippen molar-refractivity contribution in [2.24, 2.45) is 0 Å². The fourth-order valence-corrected chi connectivity index (χ4v) is 3.26. The highest BCUT2D eigenvalue weighted by Gasteiger charge is 2.35. The van der Waals surface area contributed by atoms with Gasteiger partial charge in [0.1, 0.15) is 5.82 Å². The Morgan fingerprint density at radius 2 is 1.88 bits per heavy atom. The van der Waals surface area contributed by atoms with Crippen LogP contribution in [0.3, 0.4) is 0 Å². The first-order chi connectivity index (χ1) is 8.19. The van der Waals surface area contributed by atoms with Crippen molar-refractivity contribution in [2.45, 2.75) is 37.6 Å². The number of anilines is 2. The summed E-state index contributed by atoms with van der Waals surface area (Å²) in [5.41, 5.74) is 2.08. The van der Waals surface area contributed by atoms with Crippen LogP contribution in [0.1, 0.15) is 32.1 Å². The second kappa shape index (κ2) is 4.16. The second-order valence-corrected chi connectivity index (χ2v) is 5.99. The van der Waals surface area contributed by atoms with Crippen molar-refractivity contribution >= 4 is 27.3 Å². The van der Waals surface area contributed by atoms with E-state index in [-0.39, 0.29) is 11.4 Å². The van der Waals surface area contributed by atoms with Gasteiger partial charge in [-0.15, -0.1) is 0 Å². The molecule has 2 nitrogen and oxygen atoms in total. The van der Waals surface area contributed by atoms with E-state index in [9.17, 15) is 4.39 Å². The molecule has 0 unspecified atom stereocenters. The van der Waals surface area contributed by atoms with Crippen LogP contribution in [-0.2, 0) is 0 Å². The van der Waals surface area contributed by atoms with Gasteiger partial charge in [0.25, 0.3) is 0 Å². The molecule has 92 valence electrons. The van der Waals surface area contributed by atoms with Crippen molar-refractivity contribution < 1.29 is 4.39 Å². The average molecular weight is 299 g/mol. The summed E-state index contributed by atoms with van der Waals surface area (Å²) in [6.07, 6.45) is 6.31. The molecule has 1 fully saturated rings. The monoisotopic (exact) mass is 298 g/mol. The number of hydrogen-bond acceptors (Lipinski definition) is 2. The van der Waals surface area contributed by atoms with E-state index in [1.807, 2.05) is 6.07 Å². The van der Waals surface area contributed by atoms with Gasteiger partial charge in [0.05, 0.1) is 21.4 Å².